The van der Waals surface area contributed by atoms with Crippen molar-refractivity contribution in [1.82, 2.24) is 15.7 Å². The Morgan fingerprint density at radius 1 is 1.09 bits per heavy atom. The first-order valence-corrected chi connectivity index (χ1v) is 7.26. The Bertz CT molecular complexity index is 657. The second-order valence-electron chi connectivity index (χ2n) is 4.84. The van der Waals surface area contributed by atoms with Crippen LogP contribution in [0.5, 0.6) is 0 Å². The molecule has 2 N–H and O–H groups in total. The number of nitrogens with one attached hydrogen (secondary N) is 2. The summed E-state index contributed by atoms with van der Waals surface area (Å²) in [7, 11) is 0. The van der Waals surface area contributed by atoms with E-state index in [1.165, 1.54) is 6.21 Å². The highest BCUT2D eigenvalue weighted by atomic mass is 16.2. The maximum atomic E-state index is 11.6. The Hall–Kier alpha value is -3.02. The highest BCUT2D eigenvalue weighted by molar-refractivity contribution is 5.97. The van der Waals surface area contributed by atoms with E-state index in [4.69, 9.17) is 0 Å². The molecule has 2 rings (SSSR count). The first-order valence-electron chi connectivity index (χ1n) is 7.26. The highest BCUT2D eigenvalue weighted by Gasteiger charge is 2.07. The van der Waals surface area contributed by atoms with Crippen molar-refractivity contribution in [2.24, 2.45) is 5.10 Å². The number of aromatic nitrogens is 1. The van der Waals surface area contributed by atoms with E-state index in [0.717, 1.165) is 17.5 Å². The van der Waals surface area contributed by atoms with E-state index in [9.17, 15) is 9.59 Å². The minimum atomic E-state index is -0.456. The van der Waals surface area contributed by atoms with Gasteiger partial charge in [0.2, 0.25) is 11.8 Å². The molecular formula is C17H18N4O2. The normalized spacial score (nSPS) is 10.4. The van der Waals surface area contributed by atoms with Crippen molar-refractivity contribution in [1.29, 1.82) is 0 Å². The molecule has 0 atom stereocenters. The molecule has 6 nitrogen and oxygen atoms in total. The Morgan fingerprint density at radius 3 is 2.65 bits per heavy atom. The summed E-state index contributed by atoms with van der Waals surface area (Å²) in [6, 6.07) is 13.4. The van der Waals surface area contributed by atoms with Crippen LogP contribution in [0.25, 0.3) is 0 Å². The second-order valence-corrected chi connectivity index (χ2v) is 4.84. The summed E-state index contributed by atoms with van der Waals surface area (Å²) in [5.74, 6) is -0.780. The minimum Gasteiger partial charge on any atom is -0.355 e. The van der Waals surface area contributed by atoms with Crippen LogP contribution in [0.1, 0.15) is 17.5 Å². The molecular weight excluding hydrogens is 292 g/mol. The lowest BCUT2D eigenvalue weighted by atomic mass is 10.1. The largest absolute Gasteiger partial charge is 0.355 e. The molecule has 0 aliphatic heterocycles. The van der Waals surface area contributed by atoms with Crippen molar-refractivity contribution in [2.75, 3.05) is 6.54 Å². The van der Waals surface area contributed by atoms with Gasteiger partial charge < -0.3 is 5.32 Å². The summed E-state index contributed by atoms with van der Waals surface area (Å²) in [6.45, 7) is 0.495. The summed E-state index contributed by atoms with van der Waals surface area (Å²) in [5, 5.41) is 6.49. The molecule has 0 fully saturated rings. The fourth-order valence-corrected chi connectivity index (χ4v) is 1.87. The molecule has 0 aliphatic rings. The molecule has 1 aromatic heterocycles. The van der Waals surface area contributed by atoms with Crippen LogP contribution < -0.4 is 10.7 Å². The molecule has 0 radical (unpaired) electrons. The quantitative estimate of drug-likeness (QED) is 0.459. The zero-order valence-corrected chi connectivity index (χ0v) is 12.6. The van der Waals surface area contributed by atoms with Gasteiger partial charge in [0.1, 0.15) is 6.42 Å². The van der Waals surface area contributed by atoms with Crippen molar-refractivity contribution >= 4 is 18.0 Å². The van der Waals surface area contributed by atoms with E-state index in [0.29, 0.717) is 6.54 Å². The topological polar surface area (TPSA) is 83.5 Å². The predicted molar refractivity (Wildman–Crippen MR) is 87.7 cm³/mol. The van der Waals surface area contributed by atoms with E-state index < -0.39 is 5.91 Å². The Balaban J connectivity index is 1.64. The smallest absolute Gasteiger partial charge is 0.249 e. The number of benzene rings is 1. The lowest BCUT2D eigenvalue weighted by Gasteiger charge is -2.04. The number of amides is 2. The zero-order chi connectivity index (χ0) is 16.3. The molecule has 0 spiro atoms. The second kappa shape index (κ2) is 9.09. The van der Waals surface area contributed by atoms with Crippen molar-refractivity contribution in [3.05, 3.63) is 66.0 Å². The van der Waals surface area contributed by atoms with Crippen molar-refractivity contribution in [2.45, 2.75) is 12.8 Å². The standard InChI is InChI=1S/C17H18N4O2/c22-16(19-10-8-14-5-2-1-3-6-14)11-17(23)21-20-13-15-7-4-9-18-12-15/h1-7,9,12-13H,8,10-11H2,(H,19,22)(H,21,23)/b20-13-. The van der Waals surface area contributed by atoms with Crippen LogP contribution in [0, 0.1) is 0 Å². The average Bonchev–Trinajstić information content (AvgIpc) is 2.57. The van der Waals surface area contributed by atoms with Gasteiger partial charge in [-0.25, -0.2) is 5.43 Å². The van der Waals surface area contributed by atoms with Gasteiger partial charge in [-0.05, 0) is 18.1 Å². The fraction of sp³-hybridized carbons (Fsp3) is 0.176. The van der Waals surface area contributed by atoms with E-state index in [2.05, 4.69) is 20.8 Å². The lowest BCUT2D eigenvalue weighted by Crippen LogP contribution is -2.31. The summed E-state index contributed by atoms with van der Waals surface area (Å²) in [6.07, 6.45) is 5.21. The molecule has 2 aromatic rings. The minimum absolute atomic E-state index is 0.251. The molecule has 6 heteroatoms. The lowest BCUT2D eigenvalue weighted by molar-refractivity contribution is -0.129. The van der Waals surface area contributed by atoms with Crippen LogP contribution in [0.2, 0.25) is 0 Å². The van der Waals surface area contributed by atoms with Gasteiger partial charge in [-0.2, -0.15) is 5.10 Å². The average molecular weight is 310 g/mol. The molecule has 2 amide bonds. The predicted octanol–water partition coefficient (Wildman–Crippen LogP) is 1.28. The molecule has 118 valence electrons. The SMILES string of the molecule is O=C(CC(=O)N/N=C\c1cccnc1)NCCc1ccccc1. The number of carbonyl (C=O) groups is 2. The molecule has 0 saturated carbocycles. The molecule has 0 saturated heterocycles. The van der Waals surface area contributed by atoms with Crippen LogP contribution >= 0.6 is 0 Å². The van der Waals surface area contributed by atoms with Gasteiger partial charge in [0.15, 0.2) is 0 Å². The first-order chi connectivity index (χ1) is 11.2. The number of hydrogen-bond acceptors (Lipinski definition) is 4. The van der Waals surface area contributed by atoms with Crippen LogP contribution in [0.4, 0.5) is 0 Å². The third-order valence-corrected chi connectivity index (χ3v) is 2.99. The number of pyridine rings is 1. The van der Waals surface area contributed by atoms with Crippen molar-refractivity contribution in [3.8, 4) is 0 Å². The van der Waals surface area contributed by atoms with E-state index >= 15 is 0 Å². The van der Waals surface area contributed by atoms with Gasteiger partial charge in [0.25, 0.3) is 0 Å². The number of rotatable bonds is 7. The maximum absolute atomic E-state index is 11.6. The van der Waals surface area contributed by atoms with Crippen LogP contribution in [0.15, 0.2) is 60.0 Å². The van der Waals surface area contributed by atoms with Gasteiger partial charge in [-0.1, -0.05) is 36.4 Å². The molecule has 0 bridgehead atoms. The Labute approximate surface area is 134 Å². The number of hydrazone groups is 1. The summed E-state index contributed by atoms with van der Waals surface area (Å²) < 4.78 is 0. The third kappa shape index (κ3) is 6.52. The van der Waals surface area contributed by atoms with E-state index in [1.807, 2.05) is 30.3 Å². The fourth-order valence-electron chi connectivity index (χ4n) is 1.87. The molecule has 0 aliphatic carbocycles. The maximum Gasteiger partial charge on any atom is 0.249 e. The molecule has 0 unspecified atom stereocenters. The summed E-state index contributed by atoms with van der Waals surface area (Å²) in [4.78, 5) is 27.1. The monoisotopic (exact) mass is 310 g/mol. The third-order valence-electron chi connectivity index (χ3n) is 2.99. The van der Waals surface area contributed by atoms with Gasteiger partial charge in [-0.3, -0.25) is 14.6 Å². The first kappa shape index (κ1) is 16.4. The number of nitrogens with zero attached hydrogens (tertiary/aromatic N) is 2. The highest BCUT2D eigenvalue weighted by Crippen LogP contribution is 1.98. The number of carbonyl (C=O) groups excluding carboxylic acids is 2. The molecule has 1 heterocycles. The van der Waals surface area contributed by atoms with E-state index in [-0.39, 0.29) is 12.3 Å². The Morgan fingerprint density at radius 2 is 1.91 bits per heavy atom. The van der Waals surface area contributed by atoms with Crippen molar-refractivity contribution < 1.29 is 9.59 Å². The van der Waals surface area contributed by atoms with Gasteiger partial charge in [-0.15, -0.1) is 0 Å². The van der Waals surface area contributed by atoms with Crippen LogP contribution in [-0.2, 0) is 16.0 Å². The summed E-state index contributed by atoms with van der Waals surface area (Å²) >= 11 is 0. The molecule has 23 heavy (non-hydrogen) atoms. The van der Waals surface area contributed by atoms with E-state index in [1.54, 1.807) is 24.5 Å². The van der Waals surface area contributed by atoms with Crippen molar-refractivity contribution in [3.63, 3.8) is 0 Å². The summed E-state index contributed by atoms with van der Waals surface area (Å²) in [5.41, 5.74) is 4.21. The van der Waals surface area contributed by atoms with Crippen LogP contribution in [-0.4, -0.2) is 29.6 Å². The number of hydrogen-bond donors (Lipinski definition) is 2. The van der Waals surface area contributed by atoms with Gasteiger partial charge in [0.05, 0.1) is 6.21 Å². The van der Waals surface area contributed by atoms with Gasteiger partial charge >= 0.3 is 0 Å². The Kier molecular flexibility index (Phi) is 6.46. The van der Waals surface area contributed by atoms with Crippen LogP contribution in [0.3, 0.4) is 0 Å². The van der Waals surface area contributed by atoms with Gasteiger partial charge in [0, 0.05) is 24.5 Å². The molecule has 1 aromatic carbocycles. The zero-order valence-electron chi connectivity index (χ0n) is 12.6.